The Kier molecular flexibility index (Phi) is 2.94. The Bertz CT molecular complexity index is 330. The normalized spacial score (nSPS) is 30.2. The fourth-order valence-electron chi connectivity index (χ4n) is 2.78. The molecule has 0 amide bonds. The molecule has 0 bridgehead atoms. The minimum Gasteiger partial charge on any atom is -0.314 e. The van der Waals surface area contributed by atoms with Crippen LogP contribution in [-0.4, -0.2) is 37.6 Å². The van der Waals surface area contributed by atoms with Crippen LogP contribution in [0.1, 0.15) is 17.9 Å². The van der Waals surface area contributed by atoms with Crippen molar-refractivity contribution >= 4 is 0 Å². The highest BCUT2D eigenvalue weighted by molar-refractivity contribution is 5.25. The predicted molar refractivity (Wildman–Crippen MR) is 66.6 cm³/mol. The molecule has 1 aliphatic heterocycles. The second-order valence-electron chi connectivity index (χ2n) is 5.06. The Hall–Kier alpha value is -0.860. The van der Waals surface area contributed by atoms with E-state index in [4.69, 9.17) is 0 Å². The zero-order chi connectivity index (χ0) is 10.8. The SMILES string of the molecule is c1ccc([C@@H]2C[C@H]2CN2CCNCC2)cc1. The van der Waals surface area contributed by atoms with Gasteiger partial charge in [0.25, 0.3) is 0 Å². The molecule has 0 aromatic heterocycles. The molecule has 1 N–H and O–H groups in total. The van der Waals surface area contributed by atoms with Crippen molar-refractivity contribution in [2.24, 2.45) is 5.92 Å². The summed E-state index contributed by atoms with van der Waals surface area (Å²) in [4.78, 5) is 2.62. The van der Waals surface area contributed by atoms with Gasteiger partial charge in [-0.05, 0) is 23.8 Å². The Morgan fingerprint density at radius 2 is 1.88 bits per heavy atom. The van der Waals surface area contributed by atoms with E-state index < -0.39 is 0 Å². The summed E-state index contributed by atoms with van der Waals surface area (Å²) >= 11 is 0. The molecule has 1 saturated heterocycles. The second kappa shape index (κ2) is 4.56. The minimum atomic E-state index is 0.844. The third kappa shape index (κ3) is 2.28. The summed E-state index contributed by atoms with van der Waals surface area (Å²) in [7, 11) is 0. The van der Waals surface area contributed by atoms with Gasteiger partial charge in [-0.2, -0.15) is 0 Å². The number of rotatable bonds is 3. The fourth-order valence-corrected chi connectivity index (χ4v) is 2.78. The van der Waals surface area contributed by atoms with Gasteiger partial charge >= 0.3 is 0 Å². The van der Waals surface area contributed by atoms with Gasteiger partial charge in [0.2, 0.25) is 0 Å². The number of benzene rings is 1. The van der Waals surface area contributed by atoms with Crippen LogP contribution in [0.25, 0.3) is 0 Å². The zero-order valence-corrected chi connectivity index (χ0v) is 9.73. The van der Waals surface area contributed by atoms with Crippen molar-refractivity contribution in [1.82, 2.24) is 10.2 Å². The molecule has 0 radical (unpaired) electrons. The van der Waals surface area contributed by atoms with E-state index >= 15 is 0 Å². The Morgan fingerprint density at radius 1 is 1.12 bits per heavy atom. The van der Waals surface area contributed by atoms with E-state index in [-0.39, 0.29) is 0 Å². The van der Waals surface area contributed by atoms with Crippen molar-refractivity contribution in [3.63, 3.8) is 0 Å². The first kappa shape index (κ1) is 10.3. The summed E-state index contributed by atoms with van der Waals surface area (Å²) in [5, 5.41) is 3.41. The van der Waals surface area contributed by atoms with E-state index in [1.54, 1.807) is 5.56 Å². The Balaban J connectivity index is 1.52. The van der Waals surface area contributed by atoms with E-state index in [9.17, 15) is 0 Å². The topological polar surface area (TPSA) is 15.3 Å². The van der Waals surface area contributed by atoms with Crippen LogP contribution < -0.4 is 5.32 Å². The minimum absolute atomic E-state index is 0.844. The lowest BCUT2D eigenvalue weighted by atomic mass is 10.1. The monoisotopic (exact) mass is 216 g/mol. The largest absolute Gasteiger partial charge is 0.314 e. The van der Waals surface area contributed by atoms with Crippen molar-refractivity contribution < 1.29 is 0 Å². The lowest BCUT2D eigenvalue weighted by Crippen LogP contribution is -2.44. The Morgan fingerprint density at radius 3 is 2.62 bits per heavy atom. The van der Waals surface area contributed by atoms with Crippen LogP contribution in [0.15, 0.2) is 30.3 Å². The van der Waals surface area contributed by atoms with Crippen LogP contribution in [0.2, 0.25) is 0 Å². The van der Waals surface area contributed by atoms with Crippen molar-refractivity contribution in [2.75, 3.05) is 32.7 Å². The maximum Gasteiger partial charge on any atom is 0.0107 e. The molecular weight excluding hydrogens is 196 g/mol. The van der Waals surface area contributed by atoms with E-state index in [1.807, 2.05) is 0 Å². The first-order valence-corrected chi connectivity index (χ1v) is 6.41. The molecule has 1 saturated carbocycles. The van der Waals surface area contributed by atoms with Crippen LogP contribution in [0, 0.1) is 5.92 Å². The van der Waals surface area contributed by atoms with Gasteiger partial charge in [0.1, 0.15) is 0 Å². The van der Waals surface area contributed by atoms with Crippen LogP contribution in [-0.2, 0) is 0 Å². The molecule has 2 heteroatoms. The molecule has 1 heterocycles. The molecule has 1 aromatic rings. The Labute approximate surface area is 97.6 Å². The molecule has 0 unspecified atom stereocenters. The molecule has 2 fully saturated rings. The number of nitrogens with zero attached hydrogens (tertiary/aromatic N) is 1. The van der Waals surface area contributed by atoms with E-state index in [0.717, 1.165) is 11.8 Å². The smallest absolute Gasteiger partial charge is 0.0107 e. The predicted octanol–water partition coefficient (Wildman–Crippen LogP) is 1.70. The van der Waals surface area contributed by atoms with E-state index in [2.05, 4.69) is 40.5 Å². The molecule has 16 heavy (non-hydrogen) atoms. The summed E-state index contributed by atoms with van der Waals surface area (Å²) in [6, 6.07) is 11.0. The molecule has 86 valence electrons. The van der Waals surface area contributed by atoms with Crippen LogP contribution >= 0.6 is 0 Å². The first-order chi connectivity index (χ1) is 7.93. The molecule has 1 aliphatic carbocycles. The van der Waals surface area contributed by atoms with Crippen molar-refractivity contribution in [3.8, 4) is 0 Å². The molecule has 3 rings (SSSR count). The summed E-state index contributed by atoms with van der Waals surface area (Å²) in [6.07, 6.45) is 1.40. The fraction of sp³-hybridized carbons (Fsp3) is 0.571. The van der Waals surface area contributed by atoms with Crippen molar-refractivity contribution in [3.05, 3.63) is 35.9 Å². The van der Waals surface area contributed by atoms with Crippen LogP contribution in [0.5, 0.6) is 0 Å². The van der Waals surface area contributed by atoms with Crippen LogP contribution in [0.4, 0.5) is 0 Å². The molecule has 2 nitrogen and oxygen atoms in total. The molecule has 1 aromatic carbocycles. The first-order valence-electron chi connectivity index (χ1n) is 6.41. The summed E-state index contributed by atoms with van der Waals surface area (Å²) < 4.78 is 0. The highest BCUT2D eigenvalue weighted by Gasteiger charge is 2.39. The number of hydrogen-bond acceptors (Lipinski definition) is 2. The summed E-state index contributed by atoms with van der Waals surface area (Å²) in [5.41, 5.74) is 1.54. The standard InChI is InChI=1S/C14H20N2/c1-2-4-12(5-3-1)14-10-13(14)11-16-8-6-15-7-9-16/h1-5,13-15H,6-11H2/t13-,14-/m0/s1. The average Bonchev–Trinajstić information content (AvgIpc) is 3.11. The highest BCUT2D eigenvalue weighted by Crippen LogP contribution is 2.47. The molecule has 0 spiro atoms. The van der Waals surface area contributed by atoms with Gasteiger partial charge in [-0.15, -0.1) is 0 Å². The van der Waals surface area contributed by atoms with Gasteiger partial charge < -0.3 is 10.2 Å². The number of piperazine rings is 1. The maximum absolute atomic E-state index is 3.41. The van der Waals surface area contributed by atoms with Gasteiger partial charge in [-0.1, -0.05) is 30.3 Å². The maximum atomic E-state index is 3.41. The van der Waals surface area contributed by atoms with Gasteiger partial charge in [-0.25, -0.2) is 0 Å². The number of hydrogen-bond donors (Lipinski definition) is 1. The van der Waals surface area contributed by atoms with Gasteiger partial charge in [0, 0.05) is 32.7 Å². The summed E-state index contributed by atoms with van der Waals surface area (Å²) in [5.74, 6) is 1.76. The van der Waals surface area contributed by atoms with Gasteiger partial charge in [-0.3, -0.25) is 0 Å². The highest BCUT2D eigenvalue weighted by atomic mass is 15.2. The number of nitrogens with one attached hydrogen (secondary N) is 1. The quantitative estimate of drug-likeness (QED) is 0.827. The lowest BCUT2D eigenvalue weighted by molar-refractivity contribution is 0.231. The molecule has 2 atom stereocenters. The van der Waals surface area contributed by atoms with Crippen molar-refractivity contribution in [1.29, 1.82) is 0 Å². The second-order valence-corrected chi connectivity index (χ2v) is 5.06. The van der Waals surface area contributed by atoms with Crippen LogP contribution in [0.3, 0.4) is 0 Å². The lowest BCUT2D eigenvalue weighted by Gasteiger charge is -2.27. The molecular formula is C14H20N2. The van der Waals surface area contributed by atoms with Gasteiger partial charge in [0.05, 0.1) is 0 Å². The average molecular weight is 216 g/mol. The van der Waals surface area contributed by atoms with Crippen molar-refractivity contribution in [2.45, 2.75) is 12.3 Å². The summed E-state index contributed by atoms with van der Waals surface area (Å²) in [6.45, 7) is 6.11. The molecule has 2 aliphatic rings. The van der Waals surface area contributed by atoms with Gasteiger partial charge in [0.15, 0.2) is 0 Å². The van der Waals surface area contributed by atoms with E-state index in [0.29, 0.717) is 0 Å². The third-order valence-electron chi connectivity index (χ3n) is 3.85. The zero-order valence-electron chi connectivity index (χ0n) is 9.73. The third-order valence-corrected chi connectivity index (χ3v) is 3.85. The van der Waals surface area contributed by atoms with E-state index in [1.165, 1.54) is 39.1 Å².